The normalized spacial score (nSPS) is 26.2. The Hall–Kier alpha value is -3.30. The Morgan fingerprint density at radius 3 is 2.26 bits per heavy atom. The molecule has 154 valence electrons. The second-order valence-electron chi connectivity index (χ2n) is 8.93. The van der Waals surface area contributed by atoms with Crippen molar-refractivity contribution in [1.82, 2.24) is 0 Å². The van der Waals surface area contributed by atoms with E-state index in [0.29, 0.717) is 12.1 Å². The van der Waals surface area contributed by atoms with Crippen LogP contribution in [0, 0.1) is 0 Å². The maximum atomic E-state index is 2.54. The minimum absolute atomic E-state index is 0.288. The van der Waals surface area contributed by atoms with Crippen LogP contribution in [0.25, 0.3) is 0 Å². The predicted molar refractivity (Wildman–Crippen MR) is 128 cm³/mol. The molecule has 3 aliphatic rings. The van der Waals surface area contributed by atoms with Gasteiger partial charge in [-0.3, -0.25) is 0 Å². The highest BCUT2D eigenvalue weighted by atomic mass is 15.4. The third-order valence-electron chi connectivity index (χ3n) is 7.31. The lowest BCUT2D eigenvalue weighted by Crippen LogP contribution is -3.09. The second kappa shape index (κ2) is 6.86. The van der Waals surface area contributed by atoms with E-state index in [1.807, 2.05) is 0 Å². The van der Waals surface area contributed by atoms with Crippen molar-refractivity contribution in [2.24, 2.45) is 0 Å². The standard InChI is InChI=1S/C28H27N3/c1-19-17-23-22-13-7-8-14-24(22)31(21-11-5-4-6-12-21)28(23)18-27(19)30-20(2)29(3)25-15-9-10-16-26(25)30/h4-18,20,23,28H,1-3H3/p+1. The van der Waals surface area contributed by atoms with Gasteiger partial charge in [0, 0.05) is 49.0 Å². The SMILES string of the molecule is CC1=CC2c3ccccc3N(c3ccccc3)C2C=C1[NH+]1c2ccccc2N(C)C1C. The summed E-state index contributed by atoms with van der Waals surface area (Å²) in [6, 6.07) is 28.8. The lowest BCUT2D eigenvalue weighted by Gasteiger charge is -2.33. The highest BCUT2D eigenvalue weighted by Gasteiger charge is 2.44. The van der Waals surface area contributed by atoms with Crippen molar-refractivity contribution >= 4 is 22.7 Å². The Morgan fingerprint density at radius 1 is 0.774 bits per heavy atom. The van der Waals surface area contributed by atoms with Crippen LogP contribution in [0.15, 0.2) is 102 Å². The molecule has 2 aliphatic heterocycles. The van der Waals surface area contributed by atoms with Crippen LogP contribution in [-0.2, 0) is 0 Å². The predicted octanol–water partition coefficient (Wildman–Crippen LogP) is 5.15. The summed E-state index contributed by atoms with van der Waals surface area (Å²) in [5, 5.41) is 0. The molecule has 0 bridgehead atoms. The molecular weight excluding hydrogens is 378 g/mol. The number of rotatable bonds is 2. The number of anilines is 3. The fourth-order valence-corrected chi connectivity index (χ4v) is 5.73. The van der Waals surface area contributed by atoms with E-state index in [1.165, 1.54) is 44.5 Å². The van der Waals surface area contributed by atoms with Crippen LogP contribution < -0.4 is 14.7 Å². The van der Waals surface area contributed by atoms with Crippen LogP contribution in [0.2, 0.25) is 0 Å². The van der Waals surface area contributed by atoms with Crippen molar-refractivity contribution in [3.05, 3.63) is 108 Å². The molecule has 3 heteroatoms. The molecule has 6 rings (SSSR count). The minimum Gasteiger partial charge on any atom is -0.333 e. The van der Waals surface area contributed by atoms with Gasteiger partial charge in [-0.05, 0) is 36.8 Å². The summed E-state index contributed by atoms with van der Waals surface area (Å²) < 4.78 is 0. The van der Waals surface area contributed by atoms with Gasteiger partial charge in [0.25, 0.3) is 0 Å². The smallest absolute Gasteiger partial charge is 0.169 e. The number of nitrogens with one attached hydrogen (secondary N) is 1. The molecule has 3 nitrogen and oxygen atoms in total. The zero-order valence-corrected chi connectivity index (χ0v) is 18.3. The van der Waals surface area contributed by atoms with Crippen LogP contribution in [0.3, 0.4) is 0 Å². The first-order valence-corrected chi connectivity index (χ1v) is 11.2. The van der Waals surface area contributed by atoms with Gasteiger partial charge in [-0.2, -0.15) is 0 Å². The first-order chi connectivity index (χ1) is 15.1. The van der Waals surface area contributed by atoms with E-state index < -0.39 is 0 Å². The molecule has 0 spiro atoms. The number of benzene rings is 3. The molecule has 4 unspecified atom stereocenters. The second-order valence-corrected chi connectivity index (χ2v) is 8.93. The van der Waals surface area contributed by atoms with Crippen molar-refractivity contribution in [2.45, 2.75) is 32.0 Å². The molecule has 3 aromatic carbocycles. The average molecular weight is 407 g/mol. The quantitative estimate of drug-likeness (QED) is 0.631. The highest BCUT2D eigenvalue weighted by Crippen LogP contribution is 2.48. The van der Waals surface area contributed by atoms with Gasteiger partial charge in [-0.25, -0.2) is 4.90 Å². The molecule has 3 aromatic rings. The van der Waals surface area contributed by atoms with Crippen molar-refractivity contribution < 1.29 is 4.90 Å². The van der Waals surface area contributed by atoms with Gasteiger partial charge in [-0.1, -0.05) is 54.6 Å². The molecule has 1 aliphatic carbocycles. The Morgan fingerprint density at radius 2 is 1.45 bits per heavy atom. The number of nitrogens with zero attached hydrogens (tertiary/aromatic N) is 2. The van der Waals surface area contributed by atoms with Gasteiger partial charge in [0.2, 0.25) is 0 Å². The summed E-state index contributed by atoms with van der Waals surface area (Å²) >= 11 is 0. The summed E-state index contributed by atoms with van der Waals surface area (Å²) in [6.07, 6.45) is 5.40. The zero-order valence-electron chi connectivity index (χ0n) is 18.3. The Bertz CT molecular complexity index is 1210. The van der Waals surface area contributed by atoms with Crippen LogP contribution in [-0.4, -0.2) is 19.3 Å². The summed E-state index contributed by atoms with van der Waals surface area (Å²) in [4.78, 5) is 6.39. The molecule has 0 saturated heterocycles. The third kappa shape index (κ3) is 2.63. The molecule has 4 atom stereocenters. The van der Waals surface area contributed by atoms with E-state index in [0.717, 1.165) is 0 Å². The molecule has 31 heavy (non-hydrogen) atoms. The van der Waals surface area contributed by atoms with Gasteiger partial charge in [0.05, 0.1) is 6.04 Å². The monoisotopic (exact) mass is 406 g/mol. The topological polar surface area (TPSA) is 10.9 Å². The van der Waals surface area contributed by atoms with Crippen LogP contribution in [0.4, 0.5) is 22.7 Å². The summed E-state index contributed by atoms with van der Waals surface area (Å²) in [6.45, 7) is 4.62. The average Bonchev–Trinajstić information content (AvgIpc) is 3.25. The van der Waals surface area contributed by atoms with Crippen LogP contribution in [0.1, 0.15) is 25.3 Å². The number of hydrogen-bond acceptors (Lipinski definition) is 2. The molecule has 1 N–H and O–H groups in total. The Labute approximate surface area is 184 Å². The molecule has 0 amide bonds. The number of allylic oxidation sites excluding steroid dienone is 1. The first kappa shape index (κ1) is 18.5. The fraction of sp³-hybridized carbons (Fsp3) is 0.214. The summed E-state index contributed by atoms with van der Waals surface area (Å²) in [5.41, 5.74) is 9.50. The Balaban J connectivity index is 1.50. The zero-order chi connectivity index (χ0) is 21.1. The fourth-order valence-electron chi connectivity index (χ4n) is 5.73. The largest absolute Gasteiger partial charge is 0.333 e. The van der Waals surface area contributed by atoms with Crippen molar-refractivity contribution in [3.8, 4) is 0 Å². The molecule has 0 aromatic heterocycles. The number of para-hydroxylation sites is 4. The van der Waals surface area contributed by atoms with Crippen molar-refractivity contribution in [1.29, 1.82) is 0 Å². The van der Waals surface area contributed by atoms with Gasteiger partial charge in [0.15, 0.2) is 11.9 Å². The molecule has 0 radical (unpaired) electrons. The van der Waals surface area contributed by atoms with E-state index in [4.69, 9.17) is 0 Å². The maximum absolute atomic E-state index is 2.54. The molecule has 2 heterocycles. The number of hydrogen-bond donors (Lipinski definition) is 1. The third-order valence-corrected chi connectivity index (χ3v) is 7.31. The maximum Gasteiger partial charge on any atom is 0.169 e. The lowest BCUT2D eigenvalue weighted by atomic mass is 9.86. The summed E-state index contributed by atoms with van der Waals surface area (Å²) in [7, 11) is 2.21. The van der Waals surface area contributed by atoms with E-state index in [1.54, 1.807) is 0 Å². The van der Waals surface area contributed by atoms with Gasteiger partial charge in [0.1, 0.15) is 11.4 Å². The van der Waals surface area contributed by atoms with E-state index >= 15 is 0 Å². The van der Waals surface area contributed by atoms with E-state index in [9.17, 15) is 0 Å². The number of quaternary nitrogens is 1. The van der Waals surface area contributed by atoms with Crippen molar-refractivity contribution in [3.63, 3.8) is 0 Å². The van der Waals surface area contributed by atoms with E-state index in [-0.39, 0.29) is 6.04 Å². The number of fused-ring (bicyclic) bond motifs is 4. The first-order valence-electron chi connectivity index (χ1n) is 11.2. The summed E-state index contributed by atoms with van der Waals surface area (Å²) in [5.74, 6) is 0.380. The molecule has 0 saturated carbocycles. The van der Waals surface area contributed by atoms with Gasteiger partial charge in [-0.15, -0.1) is 0 Å². The molecule has 0 fully saturated rings. The lowest BCUT2D eigenvalue weighted by molar-refractivity contribution is -0.807. The molecular formula is C28H28N3+. The minimum atomic E-state index is 0.288. The van der Waals surface area contributed by atoms with Crippen LogP contribution in [0.5, 0.6) is 0 Å². The van der Waals surface area contributed by atoms with E-state index in [2.05, 4.69) is 122 Å². The van der Waals surface area contributed by atoms with Crippen molar-refractivity contribution in [2.75, 3.05) is 16.8 Å². The highest BCUT2D eigenvalue weighted by molar-refractivity contribution is 5.75. The van der Waals surface area contributed by atoms with Gasteiger partial charge >= 0.3 is 0 Å². The Kier molecular flexibility index (Phi) is 4.09. The van der Waals surface area contributed by atoms with Crippen LogP contribution >= 0.6 is 0 Å². The van der Waals surface area contributed by atoms with Gasteiger partial charge < -0.3 is 9.80 Å².